The number of nitrogens with one attached hydrogen (secondary N) is 3. The molecule has 5 amide bonds. The number of fused-ring (bicyclic) bond motifs is 1. The van der Waals surface area contributed by atoms with E-state index in [-0.39, 0.29) is 37.9 Å². The Kier molecular flexibility index (Phi) is 6.62. The van der Waals surface area contributed by atoms with Crippen LogP contribution in [0.3, 0.4) is 0 Å². The van der Waals surface area contributed by atoms with Gasteiger partial charge in [-0.2, -0.15) is 0 Å². The zero-order valence-electron chi connectivity index (χ0n) is 17.7. The van der Waals surface area contributed by atoms with Gasteiger partial charge in [-0.15, -0.1) is 0 Å². The molecule has 0 bridgehead atoms. The average molecular weight is 471 g/mol. The van der Waals surface area contributed by atoms with Crippen LogP contribution in [0, 0.1) is 0 Å². The Hall–Kier alpha value is -3.43. The first-order valence-corrected chi connectivity index (χ1v) is 10.9. The normalized spacial score (nSPS) is 17.6. The third-order valence-corrected chi connectivity index (χ3v) is 5.88. The quantitative estimate of drug-likeness (QED) is 0.480. The van der Waals surface area contributed by atoms with Gasteiger partial charge < -0.3 is 20.6 Å². The molecule has 9 nitrogen and oxygen atoms in total. The van der Waals surface area contributed by atoms with Crippen molar-refractivity contribution in [3.8, 4) is 0 Å². The number of imide groups is 1. The Balaban J connectivity index is 1.37. The minimum absolute atomic E-state index is 0.0201. The Morgan fingerprint density at radius 3 is 2.73 bits per heavy atom. The summed E-state index contributed by atoms with van der Waals surface area (Å²) in [6, 6.07) is 9.28. The van der Waals surface area contributed by atoms with Crippen molar-refractivity contribution in [2.75, 3.05) is 11.9 Å². The lowest BCUT2D eigenvalue weighted by Crippen LogP contribution is -2.52. The minimum atomic E-state index is -0.664. The molecule has 1 fully saturated rings. The van der Waals surface area contributed by atoms with Crippen LogP contribution in [-0.2, 0) is 29.1 Å². The Morgan fingerprint density at radius 1 is 1.15 bits per heavy atom. The smallest absolute Gasteiger partial charge is 0.319 e. The molecule has 33 heavy (non-hydrogen) atoms. The number of anilines is 1. The second kappa shape index (κ2) is 9.60. The SMILES string of the molecule is O=C1CCC(N2Cc3cc(CNC(=O)Nc4cc(Cl)cc(CCO)c4)ccc3C2=O)C(=O)N1. The third-order valence-electron chi connectivity index (χ3n) is 5.66. The zero-order valence-corrected chi connectivity index (χ0v) is 18.4. The van der Waals surface area contributed by atoms with E-state index in [0.717, 1.165) is 16.7 Å². The van der Waals surface area contributed by atoms with Crippen molar-refractivity contribution in [1.29, 1.82) is 0 Å². The van der Waals surface area contributed by atoms with Crippen molar-refractivity contribution in [2.24, 2.45) is 0 Å². The van der Waals surface area contributed by atoms with Gasteiger partial charge in [-0.3, -0.25) is 19.7 Å². The summed E-state index contributed by atoms with van der Waals surface area (Å²) in [7, 11) is 0. The van der Waals surface area contributed by atoms with Crippen molar-refractivity contribution in [3.05, 3.63) is 63.7 Å². The topological polar surface area (TPSA) is 128 Å². The molecule has 0 saturated carbocycles. The lowest BCUT2D eigenvalue weighted by atomic mass is 10.0. The van der Waals surface area contributed by atoms with E-state index in [0.29, 0.717) is 29.1 Å². The number of halogens is 1. The molecule has 0 aliphatic carbocycles. The summed E-state index contributed by atoms with van der Waals surface area (Å²) < 4.78 is 0. The summed E-state index contributed by atoms with van der Waals surface area (Å²) >= 11 is 6.07. The molecule has 172 valence electrons. The zero-order chi connectivity index (χ0) is 23.5. The number of piperidine rings is 1. The fourth-order valence-corrected chi connectivity index (χ4v) is 4.35. The number of aliphatic hydroxyl groups is 1. The number of hydrogen-bond acceptors (Lipinski definition) is 5. The molecule has 0 spiro atoms. The molecule has 4 N–H and O–H groups in total. The van der Waals surface area contributed by atoms with Crippen LogP contribution < -0.4 is 16.0 Å². The second-order valence-electron chi connectivity index (χ2n) is 8.02. The van der Waals surface area contributed by atoms with Crippen molar-refractivity contribution in [2.45, 2.75) is 38.4 Å². The fourth-order valence-electron chi connectivity index (χ4n) is 4.09. The van der Waals surface area contributed by atoms with E-state index in [2.05, 4.69) is 16.0 Å². The van der Waals surface area contributed by atoms with Crippen LogP contribution in [0.15, 0.2) is 36.4 Å². The van der Waals surface area contributed by atoms with Gasteiger partial charge in [0.2, 0.25) is 11.8 Å². The summed E-state index contributed by atoms with van der Waals surface area (Å²) in [5, 5.41) is 17.3. The number of aliphatic hydroxyl groups excluding tert-OH is 1. The molecule has 0 aromatic heterocycles. The predicted molar refractivity (Wildman–Crippen MR) is 121 cm³/mol. The largest absolute Gasteiger partial charge is 0.396 e. The van der Waals surface area contributed by atoms with Crippen LogP contribution >= 0.6 is 11.6 Å². The van der Waals surface area contributed by atoms with E-state index in [1.807, 2.05) is 6.07 Å². The number of hydrogen-bond donors (Lipinski definition) is 4. The monoisotopic (exact) mass is 470 g/mol. The van der Waals surface area contributed by atoms with E-state index < -0.39 is 18.0 Å². The first-order valence-electron chi connectivity index (χ1n) is 10.6. The third kappa shape index (κ3) is 5.15. The summed E-state index contributed by atoms with van der Waals surface area (Å²) in [5.41, 5.74) is 3.41. The Bertz CT molecular complexity index is 1140. The summed E-state index contributed by atoms with van der Waals surface area (Å²) in [5.74, 6) is -1.01. The number of urea groups is 1. The molecule has 2 aliphatic heterocycles. The molecule has 1 saturated heterocycles. The molecular weight excluding hydrogens is 448 g/mol. The average Bonchev–Trinajstić information content (AvgIpc) is 3.08. The van der Waals surface area contributed by atoms with Crippen molar-refractivity contribution in [1.82, 2.24) is 15.5 Å². The maximum atomic E-state index is 12.8. The van der Waals surface area contributed by atoms with Crippen LogP contribution in [0.25, 0.3) is 0 Å². The highest BCUT2D eigenvalue weighted by Gasteiger charge is 2.39. The molecule has 10 heteroatoms. The van der Waals surface area contributed by atoms with Gasteiger partial charge in [0.25, 0.3) is 5.91 Å². The standard InChI is InChI=1S/C23H23ClN4O5/c24-16-8-13(5-6-29)9-17(10-16)26-23(33)25-11-14-1-2-18-15(7-14)12-28(22(18)32)19-3-4-20(30)27-21(19)31/h1-2,7-10,19,29H,3-6,11-12H2,(H2,25,26,33)(H,27,30,31). The highest BCUT2D eigenvalue weighted by molar-refractivity contribution is 6.31. The van der Waals surface area contributed by atoms with Crippen molar-refractivity contribution in [3.63, 3.8) is 0 Å². The Labute approximate surface area is 195 Å². The van der Waals surface area contributed by atoms with Gasteiger partial charge in [0, 0.05) is 42.4 Å². The minimum Gasteiger partial charge on any atom is -0.396 e. The molecule has 2 heterocycles. The lowest BCUT2D eigenvalue weighted by Gasteiger charge is -2.29. The lowest BCUT2D eigenvalue weighted by molar-refractivity contribution is -0.136. The van der Waals surface area contributed by atoms with Gasteiger partial charge in [-0.05, 0) is 53.8 Å². The van der Waals surface area contributed by atoms with Gasteiger partial charge in [-0.25, -0.2) is 4.79 Å². The summed E-state index contributed by atoms with van der Waals surface area (Å²) in [6.07, 6.45) is 0.942. The summed E-state index contributed by atoms with van der Waals surface area (Å²) in [6.45, 7) is 0.486. The molecule has 2 aromatic carbocycles. The molecule has 2 aliphatic rings. The molecule has 2 aromatic rings. The van der Waals surface area contributed by atoms with Crippen LogP contribution in [0.4, 0.5) is 10.5 Å². The summed E-state index contributed by atoms with van der Waals surface area (Å²) in [4.78, 5) is 50.1. The predicted octanol–water partition coefficient (Wildman–Crippen LogP) is 1.96. The number of amides is 5. The second-order valence-corrected chi connectivity index (χ2v) is 8.46. The van der Waals surface area contributed by atoms with Gasteiger partial charge in [0.1, 0.15) is 6.04 Å². The van der Waals surface area contributed by atoms with E-state index in [9.17, 15) is 19.2 Å². The van der Waals surface area contributed by atoms with Gasteiger partial charge in [0.15, 0.2) is 0 Å². The van der Waals surface area contributed by atoms with E-state index >= 15 is 0 Å². The maximum Gasteiger partial charge on any atom is 0.319 e. The number of carbonyl (C=O) groups excluding carboxylic acids is 4. The highest BCUT2D eigenvalue weighted by atomic mass is 35.5. The van der Waals surface area contributed by atoms with Gasteiger partial charge in [-0.1, -0.05) is 23.7 Å². The van der Waals surface area contributed by atoms with Crippen LogP contribution in [0.2, 0.25) is 5.02 Å². The van der Waals surface area contributed by atoms with Crippen LogP contribution in [-0.4, -0.2) is 46.4 Å². The first kappa shape index (κ1) is 22.8. The van der Waals surface area contributed by atoms with Crippen molar-refractivity contribution < 1.29 is 24.3 Å². The molecule has 4 rings (SSSR count). The molecule has 0 radical (unpaired) electrons. The number of benzene rings is 2. The maximum absolute atomic E-state index is 12.8. The molecular formula is C23H23ClN4O5. The van der Waals surface area contributed by atoms with Crippen LogP contribution in [0.1, 0.15) is 39.9 Å². The highest BCUT2D eigenvalue weighted by Crippen LogP contribution is 2.28. The van der Waals surface area contributed by atoms with Gasteiger partial charge >= 0.3 is 6.03 Å². The van der Waals surface area contributed by atoms with Crippen molar-refractivity contribution >= 4 is 41.0 Å². The van der Waals surface area contributed by atoms with E-state index in [4.69, 9.17) is 16.7 Å². The molecule has 1 atom stereocenters. The van der Waals surface area contributed by atoms with Gasteiger partial charge in [0.05, 0.1) is 0 Å². The Morgan fingerprint density at radius 2 is 1.97 bits per heavy atom. The number of nitrogens with zero attached hydrogens (tertiary/aromatic N) is 1. The first-order chi connectivity index (χ1) is 15.8. The number of carbonyl (C=O) groups is 4. The fraction of sp³-hybridized carbons (Fsp3) is 0.304. The number of rotatable bonds is 6. The van der Waals surface area contributed by atoms with E-state index in [1.54, 1.807) is 30.3 Å². The molecule has 1 unspecified atom stereocenters. The van der Waals surface area contributed by atoms with E-state index in [1.165, 1.54) is 4.90 Å². The van der Waals surface area contributed by atoms with Crippen LogP contribution in [0.5, 0.6) is 0 Å².